The average Bonchev–Trinajstić information content (AvgIpc) is 2.55. The molecule has 1 heterocycles. The topological polar surface area (TPSA) is 59.7 Å². The molecule has 0 saturated carbocycles. The van der Waals surface area contributed by atoms with Gasteiger partial charge in [0.2, 0.25) is 0 Å². The smallest absolute Gasteiger partial charge is 0.0730 e. The third-order valence-corrected chi connectivity index (χ3v) is 3.66. The van der Waals surface area contributed by atoms with Crippen LogP contribution >= 0.6 is 34.0 Å². The predicted octanol–water partition coefficient (Wildman–Crippen LogP) is 4.21. The molecule has 2 aromatic carbocycles. The van der Waals surface area contributed by atoms with Crippen molar-refractivity contribution in [1.29, 1.82) is 0 Å². The Kier molecular flexibility index (Phi) is 10.5. The third kappa shape index (κ3) is 6.08. The fourth-order valence-electron chi connectivity index (χ4n) is 2.49. The van der Waals surface area contributed by atoms with Crippen LogP contribution in [0.2, 0.25) is 0 Å². The molecule has 3 rings (SSSR count). The summed E-state index contributed by atoms with van der Waals surface area (Å²) in [5, 5.41) is 4.72. The number of rotatable bonds is 5. The van der Waals surface area contributed by atoms with Crippen molar-refractivity contribution < 1.29 is 5.48 Å². The van der Waals surface area contributed by atoms with Crippen LogP contribution < -0.4 is 5.32 Å². The van der Waals surface area contributed by atoms with Gasteiger partial charge in [0.25, 0.3) is 0 Å². The highest BCUT2D eigenvalue weighted by Crippen LogP contribution is 2.28. The lowest BCUT2D eigenvalue weighted by Gasteiger charge is -2.14. The van der Waals surface area contributed by atoms with Gasteiger partial charge in [-0.05, 0) is 26.2 Å². The lowest BCUT2D eigenvalue weighted by atomic mass is 10.1. The molecule has 3 N–H and O–H groups in total. The summed E-state index contributed by atoms with van der Waals surface area (Å²) < 4.78 is 0. The zero-order valence-corrected chi connectivity index (χ0v) is 17.8. The monoisotopic (exact) mass is 469 g/mol. The summed E-state index contributed by atoms with van der Waals surface area (Å²) in [6.45, 7) is 1.91. The Labute approximate surface area is 170 Å². The molecule has 25 heavy (non-hydrogen) atoms. The minimum absolute atomic E-state index is 0. The van der Waals surface area contributed by atoms with Gasteiger partial charge in [0.1, 0.15) is 0 Å². The third-order valence-electron chi connectivity index (χ3n) is 3.66. The van der Waals surface area contributed by atoms with Crippen LogP contribution in [0.5, 0.6) is 0 Å². The zero-order chi connectivity index (χ0) is 15.4. The number of nitrogens with zero attached hydrogens (tertiary/aromatic N) is 2. The molecular weight excluding hydrogens is 446 g/mol. The van der Waals surface area contributed by atoms with Crippen molar-refractivity contribution in [2.75, 3.05) is 32.5 Å². The minimum atomic E-state index is 0. The number of pyridine rings is 1. The van der Waals surface area contributed by atoms with Crippen molar-refractivity contribution >= 4 is 50.6 Å². The molecule has 3 aromatic rings. The van der Waals surface area contributed by atoms with Crippen LogP contribution in [-0.4, -0.2) is 42.5 Å². The van der Waals surface area contributed by atoms with E-state index in [0.29, 0.717) is 0 Å². The van der Waals surface area contributed by atoms with E-state index in [9.17, 15) is 0 Å². The van der Waals surface area contributed by atoms with Gasteiger partial charge < -0.3 is 15.7 Å². The van der Waals surface area contributed by atoms with E-state index in [2.05, 4.69) is 60.7 Å². The molecule has 4 nitrogen and oxygen atoms in total. The average molecular weight is 471 g/mol. The molecule has 0 bridgehead atoms. The number of nitrogens with one attached hydrogen (secondary N) is 1. The van der Waals surface area contributed by atoms with Gasteiger partial charge in [-0.2, -0.15) is 0 Å². The maximum absolute atomic E-state index is 4.80. The van der Waals surface area contributed by atoms with E-state index in [1.807, 2.05) is 24.3 Å². The number of anilines is 1. The summed E-state index contributed by atoms with van der Waals surface area (Å²) >= 11 is 0. The first-order chi connectivity index (χ1) is 10.7. The summed E-state index contributed by atoms with van der Waals surface area (Å²) in [7, 11) is 4.17. The van der Waals surface area contributed by atoms with E-state index in [0.717, 1.165) is 35.6 Å². The number of likely N-dealkylation sites (N-methyl/N-ethyl adjacent to an activating group) is 1. The molecule has 1 aromatic heterocycles. The zero-order valence-electron chi connectivity index (χ0n) is 14.4. The summed E-state index contributed by atoms with van der Waals surface area (Å²) in [4.78, 5) is 6.97. The summed E-state index contributed by atoms with van der Waals surface area (Å²) in [6, 6.07) is 20.7. The SMILES string of the molecule is Br.Br.CN(C)CCNc1cc(-c2ccccc2)nc2ccccc12.O. The number of halogens is 2. The molecule has 0 saturated heterocycles. The fraction of sp³-hybridized carbons (Fsp3) is 0.211. The molecule has 0 radical (unpaired) electrons. The normalized spacial score (nSPS) is 9.72. The van der Waals surface area contributed by atoms with Gasteiger partial charge in [-0.1, -0.05) is 48.5 Å². The second kappa shape index (κ2) is 11.2. The van der Waals surface area contributed by atoms with Gasteiger partial charge in [-0.3, -0.25) is 0 Å². The molecule has 0 atom stereocenters. The van der Waals surface area contributed by atoms with E-state index in [1.54, 1.807) is 0 Å². The van der Waals surface area contributed by atoms with Crippen molar-refractivity contribution in [2.24, 2.45) is 0 Å². The number of hydrogen-bond acceptors (Lipinski definition) is 3. The highest BCUT2D eigenvalue weighted by molar-refractivity contribution is 8.93. The Bertz CT molecular complexity index is 767. The van der Waals surface area contributed by atoms with Gasteiger partial charge in [0.15, 0.2) is 0 Å². The first-order valence-electron chi connectivity index (χ1n) is 7.58. The second-order valence-corrected chi connectivity index (χ2v) is 5.67. The Morgan fingerprint density at radius 1 is 0.920 bits per heavy atom. The van der Waals surface area contributed by atoms with E-state index < -0.39 is 0 Å². The maximum atomic E-state index is 4.80. The van der Waals surface area contributed by atoms with Crippen LogP contribution in [0.3, 0.4) is 0 Å². The molecule has 136 valence electrons. The molecule has 0 aliphatic rings. The first-order valence-corrected chi connectivity index (χ1v) is 7.58. The van der Waals surface area contributed by atoms with Crippen LogP contribution in [0, 0.1) is 0 Å². The summed E-state index contributed by atoms with van der Waals surface area (Å²) in [6.07, 6.45) is 0. The number of benzene rings is 2. The lowest BCUT2D eigenvalue weighted by Crippen LogP contribution is -2.20. The van der Waals surface area contributed by atoms with Crippen molar-refractivity contribution in [2.45, 2.75) is 0 Å². The lowest BCUT2D eigenvalue weighted by molar-refractivity contribution is 0.425. The van der Waals surface area contributed by atoms with Crippen LogP contribution in [0.1, 0.15) is 0 Å². The van der Waals surface area contributed by atoms with Crippen LogP contribution in [0.25, 0.3) is 22.2 Å². The predicted molar refractivity (Wildman–Crippen MR) is 118 cm³/mol. The van der Waals surface area contributed by atoms with Crippen LogP contribution in [0.4, 0.5) is 5.69 Å². The quantitative estimate of drug-likeness (QED) is 0.607. The Morgan fingerprint density at radius 3 is 2.24 bits per heavy atom. The molecule has 0 amide bonds. The van der Waals surface area contributed by atoms with Crippen molar-refractivity contribution in [3.8, 4) is 11.3 Å². The summed E-state index contributed by atoms with van der Waals surface area (Å²) in [5.41, 5.74) is 4.32. The van der Waals surface area contributed by atoms with Gasteiger partial charge in [0.05, 0.1) is 11.2 Å². The van der Waals surface area contributed by atoms with Crippen molar-refractivity contribution in [3.05, 3.63) is 60.7 Å². The van der Waals surface area contributed by atoms with Crippen molar-refractivity contribution in [1.82, 2.24) is 9.88 Å². The van der Waals surface area contributed by atoms with Crippen LogP contribution in [0.15, 0.2) is 60.7 Å². The molecular formula is C19H25Br2N3O. The number of aromatic nitrogens is 1. The largest absolute Gasteiger partial charge is 0.412 e. The number of fused-ring (bicyclic) bond motifs is 1. The number of hydrogen-bond donors (Lipinski definition) is 1. The molecule has 0 aliphatic carbocycles. The molecule has 0 aliphatic heterocycles. The minimum Gasteiger partial charge on any atom is -0.412 e. The van der Waals surface area contributed by atoms with E-state index >= 15 is 0 Å². The standard InChI is InChI=1S/C19H21N3.2BrH.H2O/c1-22(2)13-12-20-19-14-18(15-8-4-3-5-9-15)21-17-11-7-6-10-16(17)19;;;/h3-11,14H,12-13H2,1-2H3,(H,20,21);2*1H;1H2. The van der Waals surface area contributed by atoms with E-state index in [-0.39, 0.29) is 39.4 Å². The fourth-order valence-corrected chi connectivity index (χ4v) is 2.49. The summed E-state index contributed by atoms with van der Waals surface area (Å²) in [5.74, 6) is 0. The van der Waals surface area contributed by atoms with Gasteiger partial charge in [-0.15, -0.1) is 34.0 Å². The van der Waals surface area contributed by atoms with E-state index in [1.165, 1.54) is 5.39 Å². The highest BCUT2D eigenvalue weighted by Gasteiger charge is 2.07. The van der Waals surface area contributed by atoms with Gasteiger partial charge >= 0.3 is 0 Å². The molecule has 0 spiro atoms. The Balaban J connectivity index is 0.00000192. The van der Waals surface area contributed by atoms with E-state index in [4.69, 9.17) is 4.98 Å². The maximum Gasteiger partial charge on any atom is 0.0730 e. The van der Waals surface area contributed by atoms with Gasteiger partial charge in [-0.25, -0.2) is 4.98 Å². The highest BCUT2D eigenvalue weighted by atomic mass is 79.9. The van der Waals surface area contributed by atoms with Gasteiger partial charge in [0, 0.05) is 29.7 Å². The Hall–Kier alpha value is -1.47. The van der Waals surface area contributed by atoms with Crippen LogP contribution in [-0.2, 0) is 0 Å². The second-order valence-electron chi connectivity index (χ2n) is 5.67. The molecule has 6 heteroatoms. The Morgan fingerprint density at radius 2 is 1.56 bits per heavy atom. The first kappa shape index (κ1) is 23.5. The molecule has 0 fully saturated rings. The van der Waals surface area contributed by atoms with Crippen molar-refractivity contribution in [3.63, 3.8) is 0 Å². The molecule has 0 unspecified atom stereocenters. The number of para-hydroxylation sites is 1.